The standard InChI is InChI=1S/C16H20N2O3/c1-11(2)18(9-8-15(19)20)16(21)14-10-12-6-4-5-7-13(12)17(14)3/h4-7,10-11H,8-9H2,1-3H3,(H,19,20). The average molecular weight is 288 g/mol. The van der Waals surface area contributed by atoms with Gasteiger partial charge in [0.25, 0.3) is 5.91 Å². The Morgan fingerprint density at radius 1 is 1.29 bits per heavy atom. The highest BCUT2D eigenvalue weighted by Gasteiger charge is 2.22. The van der Waals surface area contributed by atoms with Crippen LogP contribution in [0, 0.1) is 0 Å². The molecule has 0 atom stereocenters. The predicted molar refractivity (Wildman–Crippen MR) is 81.3 cm³/mol. The van der Waals surface area contributed by atoms with E-state index in [0.29, 0.717) is 5.69 Å². The smallest absolute Gasteiger partial charge is 0.305 e. The van der Waals surface area contributed by atoms with Crippen LogP contribution in [0.15, 0.2) is 30.3 Å². The number of hydrogen-bond acceptors (Lipinski definition) is 2. The summed E-state index contributed by atoms with van der Waals surface area (Å²) in [5.74, 6) is -1.03. The molecule has 0 fully saturated rings. The molecule has 2 aromatic rings. The van der Waals surface area contributed by atoms with Gasteiger partial charge < -0.3 is 14.6 Å². The lowest BCUT2D eigenvalue weighted by atomic mass is 10.2. The number of aryl methyl sites for hydroxylation is 1. The zero-order chi connectivity index (χ0) is 15.6. The van der Waals surface area contributed by atoms with E-state index in [1.165, 1.54) is 0 Å². The van der Waals surface area contributed by atoms with E-state index in [1.807, 2.05) is 55.8 Å². The molecule has 5 heteroatoms. The summed E-state index contributed by atoms with van der Waals surface area (Å²) in [7, 11) is 1.85. The van der Waals surface area contributed by atoms with Crippen molar-refractivity contribution in [3.63, 3.8) is 0 Å². The number of fused-ring (bicyclic) bond motifs is 1. The monoisotopic (exact) mass is 288 g/mol. The first-order valence-corrected chi connectivity index (χ1v) is 6.99. The highest BCUT2D eigenvalue weighted by Crippen LogP contribution is 2.20. The molecule has 1 aromatic heterocycles. The molecule has 5 nitrogen and oxygen atoms in total. The Balaban J connectivity index is 2.34. The van der Waals surface area contributed by atoms with Crippen molar-refractivity contribution >= 4 is 22.8 Å². The number of benzene rings is 1. The normalized spacial score (nSPS) is 11.0. The molecule has 1 aromatic carbocycles. The Kier molecular flexibility index (Phi) is 4.31. The summed E-state index contributed by atoms with van der Waals surface area (Å²) in [6.07, 6.45) is -0.0478. The van der Waals surface area contributed by atoms with Crippen molar-refractivity contribution in [1.82, 2.24) is 9.47 Å². The van der Waals surface area contributed by atoms with E-state index < -0.39 is 5.97 Å². The lowest BCUT2D eigenvalue weighted by Crippen LogP contribution is -2.39. The topological polar surface area (TPSA) is 62.5 Å². The van der Waals surface area contributed by atoms with Gasteiger partial charge in [-0.3, -0.25) is 9.59 Å². The fourth-order valence-electron chi connectivity index (χ4n) is 2.45. The minimum absolute atomic E-state index is 0.0464. The number of carboxylic acid groups (broad SMARTS) is 1. The van der Waals surface area contributed by atoms with E-state index in [1.54, 1.807) is 4.90 Å². The average Bonchev–Trinajstić information content (AvgIpc) is 2.76. The van der Waals surface area contributed by atoms with Crippen molar-refractivity contribution in [2.24, 2.45) is 7.05 Å². The molecule has 0 aliphatic heterocycles. The van der Waals surface area contributed by atoms with E-state index in [9.17, 15) is 9.59 Å². The van der Waals surface area contributed by atoms with Crippen molar-refractivity contribution in [2.75, 3.05) is 6.54 Å². The number of para-hydroxylation sites is 1. The number of carbonyl (C=O) groups is 2. The zero-order valence-electron chi connectivity index (χ0n) is 12.5. The number of amides is 1. The second-order valence-corrected chi connectivity index (χ2v) is 5.38. The van der Waals surface area contributed by atoms with Crippen molar-refractivity contribution < 1.29 is 14.7 Å². The maximum atomic E-state index is 12.7. The molecular formula is C16H20N2O3. The van der Waals surface area contributed by atoms with Gasteiger partial charge >= 0.3 is 5.97 Å². The lowest BCUT2D eigenvalue weighted by Gasteiger charge is -2.26. The van der Waals surface area contributed by atoms with E-state index in [4.69, 9.17) is 5.11 Å². The predicted octanol–water partition coefficient (Wildman–Crippen LogP) is 2.50. The summed E-state index contributed by atoms with van der Waals surface area (Å²) < 4.78 is 1.85. The summed E-state index contributed by atoms with van der Waals surface area (Å²) >= 11 is 0. The Labute approximate surface area is 123 Å². The third-order valence-corrected chi connectivity index (χ3v) is 3.62. The van der Waals surface area contributed by atoms with Crippen LogP contribution in [0.25, 0.3) is 10.9 Å². The Hall–Kier alpha value is -2.30. The van der Waals surface area contributed by atoms with Gasteiger partial charge in [-0.05, 0) is 26.0 Å². The summed E-state index contributed by atoms with van der Waals surface area (Å²) in [6, 6.07) is 9.59. The number of aromatic nitrogens is 1. The maximum absolute atomic E-state index is 12.7. The van der Waals surface area contributed by atoms with Crippen LogP contribution in [-0.2, 0) is 11.8 Å². The van der Waals surface area contributed by atoms with Gasteiger partial charge in [0.15, 0.2) is 0 Å². The first-order chi connectivity index (χ1) is 9.91. The highest BCUT2D eigenvalue weighted by atomic mass is 16.4. The summed E-state index contributed by atoms with van der Waals surface area (Å²) in [5, 5.41) is 9.83. The molecular weight excluding hydrogens is 268 g/mol. The van der Waals surface area contributed by atoms with Gasteiger partial charge in [-0.2, -0.15) is 0 Å². The van der Waals surface area contributed by atoms with Gasteiger partial charge in [0.05, 0.1) is 6.42 Å². The molecule has 112 valence electrons. The van der Waals surface area contributed by atoms with Crippen LogP contribution in [-0.4, -0.2) is 39.0 Å². The number of carboxylic acids is 1. The molecule has 21 heavy (non-hydrogen) atoms. The van der Waals surface area contributed by atoms with Crippen molar-refractivity contribution in [2.45, 2.75) is 26.3 Å². The molecule has 0 saturated heterocycles. The fraction of sp³-hybridized carbons (Fsp3) is 0.375. The van der Waals surface area contributed by atoms with Gasteiger partial charge in [0.2, 0.25) is 0 Å². The summed E-state index contributed by atoms with van der Waals surface area (Å²) in [6.45, 7) is 4.00. The molecule has 0 saturated carbocycles. The van der Waals surface area contributed by atoms with Gasteiger partial charge in [0.1, 0.15) is 5.69 Å². The zero-order valence-corrected chi connectivity index (χ0v) is 12.5. The molecule has 0 radical (unpaired) electrons. The van der Waals surface area contributed by atoms with Crippen LogP contribution in [0.3, 0.4) is 0 Å². The van der Waals surface area contributed by atoms with E-state index >= 15 is 0 Å². The van der Waals surface area contributed by atoms with Crippen molar-refractivity contribution in [3.8, 4) is 0 Å². The Morgan fingerprint density at radius 2 is 1.95 bits per heavy atom. The van der Waals surface area contributed by atoms with Gasteiger partial charge in [-0.1, -0.05) is 18.2 Å². The molecule has 1 N–H and O–H groups in total. The summed E-state index contributed by atoms with van der Waals surface area (Å²) in [5.41, 5.74) is 1.57. The van der Waals surface area contributed by atoms with Crippen LogP contribution < -0.4 is 0 Å². The van der Waals surface area contributed by atoms with E-state index in [0.717, 1.165) is 10.9 Å². The molecule has 0 aliphatic carbocycles. The van der Waals surface area contributed by atoms with Crippen LogP contribution in [0.2, 0.25) is 0 Å². The third kappa shape index (κ3) is 3.07. The molecule has 1 amide bonds. The van der Waals surface area contributed by atoms with Gasteiger partial charge in [-0.25, -0.2) is 0 Å². The molecule has 1 heterocycles. The second-order valence-electron chi connectivity index (χ2n) is 5.38. The second kappa shape index (κ2) is 5.99. The number of carbonyl (C=O) groups excluding carboxylic acids is 1. The number of hydrogen-bond donors (Lipinski definition) is 1. The molecule has 0 unspecified atom stereocenters. The van der Waals surface area contributed by atoms with Crippen molar-refractivity contribution in [1.29, 1.82) is 0 Å². The quantitative estimate of drug-likeness (QED) is 0.919. The lowest BCUT2D eigenvalue weighted by molar-refractivity contribution is -0.137. The van der Waals surface area contributed by atoms with E-state index in [2.05, 4.69) is 0 Å². The Bertz CT molecular complexity index is 673. The minimum Gasteiger partial charge on any atom is -0.481 e. The van der Waals surface area contributed by atoms with Gasteiger partial charge in [-0.15, -0.1) is 0 Å². The third-order valence-electron chi connectivity index (χ3n) is 3.62. The fourth-order valence-corrected chi connectivity index (χ4v) is 2.45. The summed E-state index contributed by atoms with van der Waals surface area (Å²) in [4.78, 5) is 25.1. The number of nitrogens with zero attached hydrogens (tertiary/aromatic N) is 2. The molecule has 0 spiro atoms. The first-order valence-electron chi connectivity index (χ1n) is 6.99. The number of rotatable bonds is 5. The molecule has 0 bridgehead atoms. The SMILES string of the molecule is CC(C)N(CCC(=O)O)C(=O)c1cc2ccccc2n1C. The van der Waals surface area contributed by atoms with Crippen molar-refractivity contribution in [3.05, 3.63) is 36.0 Å². The number of aliphatic carboxylic acids is 1. The molecule has 0 aliphatic rings. The van der Waals surface area contributed by atoms with Crippen LogP contribution in [0.4, 0.5) is 0 Å². The maximum Gasteiger partial charge on any atom is 0.305 e. The van der Waals surface area contributed by atoms with Crippen LogP contribution >= 0.6 is 0 Å². The van der Waals surface area contributed by atoms with Gasteiger partial charge in [0, 0.05) is 30.5 Å². The minimum atomic E-state index is -0.898. The highest BCUT2D eigenvalue weighted by molar-refractivity contribution is 5.99. The first kappa shape index (κ1) is 15.1. The Morgan fingerprint density at radius 3 is 2.52 bits per heavy atom. The largest absolute Gasteiger partial charge is 0.481 e. The molecule has 2 rings (SSSR count). The van der Waals surface area contributed by atoms with Crippen LogP contribution in [0.5, 0.6) is 0 Å². The van der Waals surface area contributed by atoms with E-state index in [-0.39, 0.29) is 24.9 Å². The van der Waals surface area contributed by atoms with Crippen LogP contribution in [0.1, 0.15) is 30.8 Å².